The molecule has 0 aromatic carbocycles. The Balaban J connectivity index is -0.00000000261. The molecular weight excluding hydrogens is 833 g/mol. The van der Waals surface area contributed by atoms with E-state index in [4.69, 9.17) is 60.0 Å². The van der Waals surface area contributed by atoms with Crippen molar-refractivity contribution in [2.24, 2.45) is 0 Å². The first-order chi connectivity index (χ1) is 6.93. The van der Waals surface area contributed by atoms with Crippen molar-refractivity contribution < 1.29 is 321 Å². The third-order valence-electron chi connectivity index (χ3n) is 0. The van der Waals surface area contributed by atoms with Gasteiger partial charge in [0, 0.05) is 105 Å². The zero-order valence-corrected chi connectivity index (χ0v) is 36.4. The van der Waals surface area contributed by atoms with E-state index in [0.29, 0.717) is 0 Å². The van der Waals surface area contributed by atoms with Gasteiger partial charge in [-0.2, -0.15) is 0 Å². The predicted molar refractivity (Wildman–Crippen MR) is 70.2 cm³/mol. The van der Waals surface area contributed by atoms with Crippen LogP contribution in [0.5, 0.6) is 0 Å². The molecule has 33 heavy (non-hydrogen) atoms. The van der Waals surface area contributed by atoms with E-state index in [1.54, 1.807) is 0 Å². The fourth-order valence-corrected chi connectivity index (χ4v) is 0. The van der Waals surface area contributed by atoms with Gasteiger partial charge in [-0.3, -0.25) is 0 Å². The van der Waals surface area contributed by atoms with Crippen molar-refractivity contribution in [1.82, 2.24) is 0 Å². The van der Waals surface area contributed by atoms with Crippen molar-refractivity contribution in [3.05, 3.63) is 14.9 Å². The quantitative estimate of drug-likeness (QED) is 0.130. The van der Waals surface area contributed by atoms with E-state index < -0.39 is 24.6 Å². The summed E-state index contributed by atoms with van der Waals surface area (Å²) in [5.41, 5.74) is 0. The standard InChI is InChI=1S/4CH2O3.2CH3.4Na.7H2O.4Zr/c4*2-1(3)4;;;;;;;;;;;;;;;;;/h4*(H2,2,3,4);2*1H3;;;;;7*1H2;;;;/q;;;;2*-1;4*+1;;;;;;;;;;;/p-4. The number of carbonyl (C=O) groups is 4. The topological polar surface area (TPSA) is 462 Å². The molecule has 0 atom stereocenters. The molecule has 0 saturated heterocycles. The van der Waals surface area contributed by atoms with Crippen LogP contribution < -0.4 is 139 Å². The normalized spacial score (nSPS) is 2.91. The second kappa shape index (κ2) is 170. The second-order valence-electron chi connectivity index (χ2n) is 1.06. The molecule has 0 bridgehead atoms. The van der Waals surface area contributed by atoms with E-state index in [2.05, 4.69) is 0 Å². The average Bonchev–Trinajstić information content (AvgIpc) is 1.76. The van der Waals surface area contributed by atoms with Crippen molar-refractivity contribution in [1.29, 1.82) is 0 Å². The summed E-state index contributed by atoms with van der Waals surface area (Å²) >= 11 is 0. The Morgan fingerprint density at radius 3 is 0.364 bits per heavy atom. The van der Waals surface area contributed by atoms with Gasteiger partial charge in [-0.05, 0) is 0 Å². The Labute approximate surface area is 354 Å². The summed E-state index contributed by atoms with van der Waals surface area (Å²) in [5, 5.41) is 61.2. The monoisotopic (exact) mass is 852 g/mol. The van der Waals surface area contributed by atoms with Gasteiger partial charge < -0.3 is 113 Å². The first kappa shape index (κ1) is 185. The maximum atomic E-state index is 8.44. The van der Waals surface area contributed by atoms with Gasteiger partial charge in [0.2, 0.25) is 24.6 Å². The molecule has 184 valence electrons. The Bertz CT molecular complexity index is 194. The Hall–Kier alpha value is 4.33. The van der Waals surface area contributed by atoms with Crippen molar-refractivity contribution in [2.75, 3.05) is 0 Å². The summed E-state index contributed by atoms with van der Waals surface area (Å²) in [7, 11) is 0. The Morgan fingerprint density at radius 2 is 0.364 bits per heavy atom. The van der Waals surface area contributed by atoms with Gasteiger partial charge in [0.1, 0.15) is 0 Å². The number of rotatable bonds is 0. The molecule has 18 N–H and O–H groups in total. The van der Waals surface area contributed by atoms with E-state index in [0.717, 1.165) is 0 Å². The van der Waals surface area contributed by atoms with E-state index in [9.17, 15) is 0 Å². The zero-order valence-electron chi connectivity index (χ0n) is 18.6. The number of carboxylic acid groups (broad SMARTS) is 8. The summed E-state index contributed by atoms with van der Waals surface area (Å²) in [6, 6.07) is 0. The molecule has 0 aliphatic rings. The van der Waals surface area contributed by atoms with Gasteiger partial charge in [-0.25, -0.2) is 0 Å². The van der Waals surface area contributed by atoms with Crippen LogP contribution in [-0.2, 0) is 105 Å². The molecular formula is C6H24Na4O19Zr4-2. The van der Waals surface area contributed by atoms with Gasteiger partial charge in [-0.15, -0.1) is 0 Å². The Morgan fingerprint density at radius 1 is 0.364 bits per heavy atom. The minimum absolute atomic E-state index is 0. The summed E-state index contributed by atoms with van der Waals surface area (Å²) in [4.78, 5) is 33.8. The van der Waals surface area contributed by atoms with Crippen LogP contribution >= 0.6 is 0 Å². The number of hydrogen-bond acceptors (Lipinski definition) is 8. The van der Waals surface area contributed by atoms with Crippen molar-refractivity contribution in [3.63, 3.8) is 0 Å². The molecule has 0 radical (unpaired) electrons. The van der Waals surface area contributed by atoms with Gasteiger partial charge in [0.05, 0.1) is 0 Å². The molecule has 0 aromatic heterocycles. The van der Waals surface area contributed by atoms with Crippen molar-refractivity contribution >= 4 is 24.6 Å². The van der Waals surface area contributed by atoms with Gasteiger partial charge >= 0.3 is 118 Å². The van der Waals surface area contributed by atoms with Crippen LogP contribution in [-0.4, -0.2) is 83.4 Å². The maximum absolute atomic E-state index is 8.44. The van der Waals surface area contributed by atoms with Crippen molar-refractivity contribution in [2.45, 2.75) is 0 Å². The average molecular weight is 857 g/mol. The molecule has 0 aromatic rings. The van der Waals surface area contributed by atoms with E-state index >= 15 is 0 Å². The molecule has 27 heteroatoms. The van der Waals surface area contributed by atoms with Gasteiger partial charge in [-0.1, -0.05) is 0 Å². The fourth-order valence-electron chi connectivity index (χ4n) is 0. The molecule has 0 aliphatic carbocycles. The molecule has 0 heterocycles. The maximum Gasteiger partial charge on any atom is 1.00 e. The predicted octanol–water partition coefficient (Wildman–Crippen LogP) is -21.3. The van der Waals surface area contributed by atoms with Gasteiger partial charge in [0.15, 0.2) is 0 Å². The largest absolute Gasteiger partial charge is 1.00 e. The smallest absolute Gasteiger partial charge is 0.565 e. The first-order valence-corrected chi connectivity index (χ1v) is 2.53. The van der Waals surface area contributed by atoms with Crippen LogP contribution in [0.25, 0.3) is 0 Å². The number of hydrogen-bond donors (Lipinski definition) is 4. The van der Waals surface area contributed by atoms with Crippen LogP contribution in [0.15, 0.2) is 0 Å². The minimum atomic E-state index is -2.08. The van der Waals surface area contributed by atoms with E-state index in [1.165, 1.54) is 0 Å². The summed E-state index contributed by atoms with van der Waals surface area (Å²) in [6.07, 6.45) is -8.33. The minimum Gasteiger partial charge on any atom is -0.565 e. The Kier molecular flexibility index (Phi) is 952. The summed E-state index contributed by atoms with van der Waals surface area (Å²) < 4.78 is 0. The molecule has 0 amide bonds. The van der Waals surface area contributed by atoms with Crippen LogP contribution in [0.3, 0.4) is 0 Å². The van der Waals surface area contributed by atoms with Gasteiger partial charge in [0.25, 0.3) is 0 Å². The van der Waals surface area contributed by atoms with Crippen LogP contribution in [0.2, 0.25) is 0 Å². The van der Waals surface area contributed by atoms with Crippen LogP contribution in [0, 0.1) is 14.9 Å². The second-order valence-corrected chi connectivity index (χ2v) is 1.06. The van der Waals surface area contributed by atoms with Crippen molar-refractivity contribution in [3.8, 4) is 0 Å². The van der Waals surface area contributed by atoms with Crippen LogP contribution in [0.4, 0.5) is 19.2 Å². The zero-order chi connectivity index (χ0) is 14.3. The molecule has 0 rings (SSSR count). The van der Waals surface area contributed by atoms with Crippen LogP contribution in [0.1, 0.15) is 0 Å². The molecule has 19 nitrogen and oxygen atoms in total. The molecule has 0 unspecified atom stereocenters. The molecule has 0 spiro atoms. The third-order valence-corrected chi connectivity index (χ3v) is 0. The van der Waals surface area contributed by atoms with E-state index in [1.807, 2.05) is 0 Å². The third kappa shape index (κ3) is 2280. The van der Waals surface area contributed by atoms with E-state index in [-0.39, 0.29) is 276 Å². The first-order valence-electron chi connectivity index (χ1n) is 2.53. The molecule has 0 saturated carbocycles. The fraction of sp³-hybridized carbons (Fsp3) is 0. The summed E-state index contributed by atoms with van der Waals surface area (Å²) in [5.74, 6) is 0. The molecule has 0 aliphatic heterocycles. The summed E-state index contributed by atoms with van der Waals surface area (Å²) in [6.45, 7) is 0. The molecule has 0 fully saturated rings. The SMILES string of the molecule is O.O.O.O.O.O.O.O=C([O-])O.O=C([O-])O.O=C([O-])O.O=C([O-])O.[CH3-].[CH3-].[Na+].[Na+].[Na+].[Na+].[Zr].[Zr].[Zr].[Zr].